The average Bonchev–Trinajstić information content (AvgIpc) is 3.15. The van der Waals surface area contributed by atoms with Gasteiger partial charge in [0.15, 0.2) is 5.16 Å². The molecular formula is C16H13FN4O3S3. The van der Waals surface area contributed by atoms with Crippen LogP contribution in [0.5, 0.6) is 0 Å². The van der Waals surface area contributed by atoms with Crippen LogP contribution in [-0.4, -0.2) is 30.0 Å². The second kappa shape index (κ2) is 8.03. The number of carbonyl (C=O) groups excluding carboxylic acids is 1. The molecule has 2 aromatic heterocycles. The Morgan fingerprint density at radius 3 is 2.78 bits per heavy atom. The normalized spacial score (nSPS) is 11.3. The van der Waals surface area contributed by atoms with Crippen LogP contribution in [0.25, 0.3) is 0 Å². The Balaban J connectivity index is 1.67. The quantitative estimate of drug-likeness (QED) is 0.462. The van der Waals surface area contributed by atoms with Crippen molar-refractivity contribution in [3.05, 3.63) is 53.8 Å². The van der Waals surface area contributed by atoms with E-state index in [1.165, 1.54) is 24.3 Å². The van der Waals surface area contributed by atoms with E-state index in [1.54, 1.807) is 17.5 Å². The highest BCUT2D eigenvalue weighted by molar-refractivity contribution is 7.99. The summed E-state index contributed by atoms with van der Waals surface area (Å²) in [6.45, 7) is 0. The molecule has 11 heteroatoms. The van der Waals surface area contributed by atoms with Crippen molar-refractivity contribution in [3.63, 3.8) is 0 Å². The molecule has 0 spiro atoms. The summed E-state index contributed by atoms with van der Waals surface area (Å²) in [7, 11) is -3.77. The predicted molar refractivity (Wildman–Crippen MR) is 102 cm³/mol. The lowest BCUT2D eigenvalue weighted by molar-refractivity contribution is -0.113. The Labute approximate surface area is 162 Å². The molecule has 0 bridgehead atoms. The van der Waals surface area contributed by atoms with E-state index in [-0.39, 0.29) is 31.7 Å². The number of hydrogen-bond donors (Lipinski definition) is 2. The molecule has 140 valence electrons. The van der Waals surface area contributed by atoms with Crippen LogP contribution in [0, 0.1) is 5.82 Å². The maximum absolute atomic E-state index is 13.1. The van der Waals surface area contributed by atoms with Crippen molar-refractivity contribution in [1.29, 1.82) is 0 Å². The molecule has 0 unspecified atom stereocenters. The molecule has 0 aliphatic carbocycles. The molecule has 0 radical (unpaired) electrons. The van der Waals surface area contributed by atoms with Crippen molar-refractivity contribution in [3.8, 4) is 0 Å². The number of nitrogens with zero attached hydrogens (tertiary/aromatic N) is 2. The average molecular weight is 425 g/mol. The van der Waals surface area contributed by atoms with Crippen LogP contribution in [0.1, 0.15) is 0 Å². The lowest BCUT2D eigenvalue weighted by Gasteiger charge is -2.07. The maximum Gasteiger partial charge on any atom is 0.234 e. The number of benzene rings is 1. The summed E-state index contributed by atoms with van der Waals surface area (Å²) in [4.78, 5) is 19.7. The SMILES string of the molecule is Nc1nc(SCC(=O)Nc2cccc(F)c2)ncc1S(=O)(=O)c1cccs1. The minimum Gasteiger partial charge on any atom is -0.382 e. The number of thioether (sulfide) groups is 1. The van der Waals surface area contributed by atoms with Crippen LogP contribution in [-0.2, 0) is 14.6 Å². The Hall–Kier alpha value is -2.50. The number of carbonyl (C=O) groups is 1. The van der Waals surface area contributed by atoms with Gasteiger partial charge in [0.25, 0.3) is 0 Å². The van der Waals surface area contributed by atoms with Crippen molar-refractivity contribution in [2.45, 2.75) is 14.3 Å². The fourth-order valence-corrected chi connectivity index (χ4v) is 5.06. The lowest BCUT2D eigenvalue weighted by atomic mass is 10.3. The smallest absolute Gasteiger partial charge is 0.234 e. The van der Waals surface area contributed by atoms with E-state index < -0.39 is 15.7 Å². The largest absolute Gasteiger partial charge is 0.382 e. The molecule has 0 aliphatic heterocycles. The van der Waals surface area contributed by atoms with Gasteiger partial charge in [0.1, 0.15) is 20.7 Å². The summed E-state index contributed by atoms with van der Waals surface area (Å²) in [5.41, 5.74) is 6.11. The highest BCUT2D eigenvalue weighted by atomic mass is 32.2. The number of aromatic nitrogens is 2. The minimum absolute atomic E-state index is 0.0486. The van der Waals surface area contributed by atoms with E-state index in [0.29, 0.717) is 5.69 Å². The molecule has 3 aromatic rings. The van der Waals surface area contributed by atoms with Gasteiger partial charge in [-0.3, -0.25) is 4.79 Å². The lowest BCUT2D eigenvalue weighted by Crippen LogP contribution is -2.14. The van der Waals surface area contributed by atoms with Crippen LogP contribution < -0.4 is 11.1 Å². The maximum atomic E-state index is 13.1. The molecule has 0 fully saturated rings. The van der Waals surface area contributed by atoms with E-state index >= 15 is 0 Å². The van der Waals surface area contributed by atoms with Gasteiger partial charge in [0.05, 0.1) is 11.9 Å². The van der Waals surface area contributed by atoms with Crippen molar-refractivity contribution < 1.29 is 17.6 Å². The summed E-state index contributed by atoms with van der Waals surface area (Å²) in [5.74, 6) is -1.08. The first-order valence-corrected chi connectivity index (χ1v) is 10.8. The Morgan fingerprint density at radius 1 is 1.30 bits per heavy atom. The number of thiophene rings is 1. The summed E-state index contributed by atoms with van der Waals surface area (Å²) < 4.78 is 38.2. The van der Waals surface area contributed by atoms with Gasteiger partial charge in [0.2, 0.25) is 15.7 Å². The Morgan fingerprint density at radius 2 is 2.11 bits per heavy atom. The fourth-order valence-electron chi connectivity index (χ4n) is 2.06. The third-order valence-electron chi connectivity index (χ3n) is 3.25. The summed E-state index contributed by atoms with van der Waals surface area (Å²) in [6, 6.07) is 8.60. The summed E-state index contributed by atoms with van der Waals surface area (Å²) in [5, 5.41) is 4.34. The van der Waals surface area contributed by atoms with Gasteiger partial charge in [-0.1, -0.05) is 23.9 Å². The number of anilines is 2. The molecule has 3 N–H and O–H groups in total. The van der Waals surface area contributed by atoms with Crippen LogP contribution in [0.3, 0.4) is 0 Å². The van der Waals surface area contributed by atoms with Crippen LogP contribution >= 0.6 is 23.1 Å². The molecule has 3 rings (SSSR count). The molecule has 0 aliphatic rings. The fraction of sp³-hybridized carbons (Fsp3) is 0.0625. The van der Waals surface area contributed by atoms with Gasteiger partial charge in [0, 0.05) is 5.69 Å². The van der Waals surface area contributed by atoms with Crippen LogP contribution in [0.4, 0.5) is 15.9 Å². The molecule has 2 heterocycles. The molecular weight excluding hydrogens is 411 g/mol. The first-order chi connectivity index (χ1) is 12.9. The predicted octanol–water partition coefficient (Wildman–Crippen LogP) is 2.82. The van der Waals surface area contributed by atoms with E-state index in [1.807, 2.05) is 0 Å². The van der Waals surface area contributed by atoms with E-state index in [4.69, 9.17) is 5.73 Å². The van der Waals surface area contributed by atoms with Gasteiger partial charge < -0.3 is 11.1 Å². The van der Waals surface area contributed by atoms with E-state index in [0.717, 1.165) is 29.3 Å². The highest BCUT2D eigenvalue weighted by Crippen LogP contribution is 2.28. The van der Waals surface area contributed by atoms with E-state index in [2.05, 4.69) is 15.3 Å². The number of halogens is 1. The molecule has 0 saturated carbocycles. The molecule has 7 nitrogen and oxygen atoms in total. The Bertz CT molecular complexity index is 1070. The first kappa shape index (κ1) is 19.3. The van der Waals surface area contributed by atoms with Gasteiger partial charge in [-0.15, -0.1) is 11.3 Å². The Kier molecular flexibility index (Phi) is 5.73. The summed E-state index contributed by atoms with van der Waals surface area (Å²) >= 11 is 2.05. The first-order valence-electron chi connectivity index (χ1n) is 7.45. The molecule has 1 amide bonds. The zero-order valence-electron chi connectivity index (χ0n) is 13.6. The van der Waals surface area contributed by atoms with Gasteiger partial charge in [-0.2, -0.15) is 0 Å². The molecule has 0 atom stereocenters. The van der Waals surface area contributed by atoms with Crippen molar-refractivity contribution in [2.24, 2.45) is 0 Å². The zero-order chi connectivity index (χ0) is 19.4. The minimum atomic E-state index is -3.77. The number of nitrogens with one attached hydrogen (secondary N) is 1. The van der Waals surface area contributed by atoms with Gasteiger partial charge >= 0.3 is 0 Å². The highest BCUT2D eigenvalue weighted by Gasteiger charge is 2.23. The van der Waals surface area contributed by atoms with Crippen molar-refractivity contribution in [2.75, 3.05) is 16.8 Å². The van der Waals surface area contributed by atoms with Crippen molar-refractivity contribution in [1.82, 2.24) is 9.97 Å². The number of rotatable bonds is 6. The van der Waals surface area contributed by atoms with E-state index in [9.17, 15) is 17.6 Å². The standard InChI is InChI=1S/C16H13FN4O3S3/c17-10-3-1-4-11(7-10)20-13(22)9-26-16-19-8-12(15(18)21-16)27(23,24)14-5-2-6-25-14/h1-8H,9H2,(H,20,22)(H2,18,19,21). The molecule has 1 aromatic carbocycles. The second-order valence-corrected chi connectivity index (χ2v) is 9.22. The number of hydrogen-bond acceptors (Lipinski definition) is 8. The van der Waals surface area contributed by atoms with Crippen LogP contribution in [0.2, 0.25) is 0 Å². The third-order valence-corrected chi connectivity index (χ3v) is 7.28. The van der Waals surface area contributed by atoms with Crippen LogP contribution in [0.15, 0.2) is 62.2 Å². The number of sulfone groups is 1. The topological polar surface area (TPSA) is 115 Å². The zero-order valence-corrected chi connectivity index (χ0v) is 16.1. The van der Waals surface area contributed by atoms with Gasteiger partial charge in [-0.05, 0) is 29.6 Å². The second-order valence-electron chi connectivity index (χ2n) is 5.18. The molecule has 27 heavy (non-hydrogen) atoms. The van der Waals surface area contributed by atoms with Crippen molar-refractivity contribution >= 4 is 50.3 Å². The number of nitrogen functional groups attached to an aromatic ring is 1. The number of nitrogens with two attached hydrogens (primary N) is 1. The summed E-state index contributed by atoms with van der Waals surface area (Å²) in [6.07, 6.45) is 1.13. The van der Waals surface area contributed by atoms with Gasteiger partial charge in [-0.25, -0.2) is 22.8 Å². The number of amides is 1. The molecule has 0 saturated heterocycles. The monoisotopic (exact) mass is 424 g/mol. The third kappa shape index (κ3) is 4.62.